The first-order valence-corrected chi connectivity index (χ1v) is 5.68. The van der Waals surface area contributed by atoms with E-state index in [1.807, 2.05) is 0 Å². The Bertz CT molecular complexity index is 660. The highest BCUT2D eigenvalue weighted by molar-refractivity contribution is 5.29. The summed E-state index contributed by atoms with van der Waals surface area (Å²) in [6, 6.07) is 3.37. The normalized spacial score (nSPS) is 11.6. The second kappa shape index (κ2) is 5.31. The molecule has 0 saturated carbocycles. The van der Waals surface area contributed by atoms with Crippen LogP contribution in [0.15, 0.2) is 30.3 Å². The minimum absolute atomic E-state index is 0.248. The molecular weight excluding hydrogens is 298 g/mol. The Labute approximate surface area is 115 Å². The summed E-state index contributed by atoms with van der Waals surface area (Å²) in [5.74, 6) is -7.39. The van der Waals surface area contributed by atoms with Crippen LogP contribution in [0.3, 0.4) is 0 Å². The van der Waals surface area contributed by atoms with Gasteiger partial charge < -0.3 is 4.74 Å². The average molecular weight is 306 g/mol. The summed E-state index contributed by atoms with van der Waals surface area (Å²) in [6.07, 6.45) is -4.17. The zero-order chi connectivity index (χ0) is 15.8. The number of halogens is 6. The van der Waals surface area contributed by atoms with Crippen LogP contribution in [0.5, 0.6) is 5.75 Å². The molecule has 0 spiro atoms. The van der Waals surface area contributed by atoms with Crippen LogP contribution in [0.2, 0.25) is 0 Å². The summed E-state index contributed by atoms with van der Waals surface area (Å²) in [6.45, 7) is 1.50. The van der Waals surface area contributed by atoms with Crippen LogP contribution in [0.1, 0.15) is 11.1 Å². The van der Waals surface area contributed by atoms with Crippen molar-refractivity contribution in [1.82, 2.24) is 0 Å². The van der Waals surface area contributed by atoms with Crippen LogP contribution in [0, 0.1) is 30.2 Å². The fourth-order valence-corrected chi connectivity index (χ4v) is 1.65. The third kappa shape index (κ3) is 3.12. The highest BCUT2D eigenvalue weighted by atomic mass is 19.3. The van der Waals surface area contributed by atoms with Gasteiger partial charge in [-0.05, 0) is 24.6 Å². The molecule has 0 bridgehead atoms. The molecule has 21 heavy (non-hydrogen) atoms. The van der Waals surface area contributed by atoms with Crippen molar-refractivity contribution in [2.75, 3.05) is 0 Å². The molecule has 0 N–H and O–H groups in total. The number of rotatable bonds is 3. The van der Waals surface area contributed by atoms with Gasteiger partial charge in [-0.3, -0.25) is 0 Å². The molecular formula is C14H8F6O. The summed E-state index contributed by atoms with van der Waals surface area (Å²) < 4.78 is 83.8. The molecule has 2 aromatic carbocycles. The number of hydrogen-bond donors (Lipinski definition) is 0. The van der Waals surface area contributed by atoms with Gasteiger partial charge in [0.15, 0.2) is 17.5 Å². The molecule has 0 aliphatic heterocycles. The second-order valence-electron chi connectivity index (χ2n) is 4.30. The largest absolute Gasteiger partial charge is 0.429 e. The van der Waals surface area contributed by atoms with E-state index in [1.54, 1.807) is 0 Å². The first-order valence-electron chi connectivity index (χ1n) is 5.68. The summed E-state index contributed by atoms with van der Waals surface area (Å²) in [7, 11) is 0. The van der Waals surface area contributed by atoms with E-state index in [4.69, 9.17) is 0 Å². The van der Waals surface area contributed by atoms with Crippen molar-refractivity contribution >= 4 is 0 Å². The maximum atomic E-state index is 13.8. The molecule has 0 fully saturated rings. The van der Waals surface area contributed by atoms with Crippen LogP contribution < -0.4 is 4.74 Å². The molecule has 0 saturated heterocycles. The van der Waals surface area contributed by atoms with Crippen molar-refractivity contribution in [2.24, 2.45) is 0 Å². The SMILES string of the molecule is Cc1ccc(C(F)(F)Oc2cc(F)c(F)c(F)c2)c(F)c1. The first kappa shape index (κ1) is 15.2. The highest BCUT2D eigenvalue weighted by Gasteiger charge is 2.38. The third-order valence-electron chi connectivity index (χ3n) is 2.64. The molecule has 0 heterocycles. The Kier molecular flexibility index (Phi) is 3.85. The number of aryl methyl sites for hydroxylation is 1. The van der Waals surface area contributed by atoms with Gasteiger partial charge in [0.05, 0.1) is 5.56 Å². The monoisotopic (exact) mass is 306 g/mol. The second-order valence-corrected chi connectivity index (χ2v) is 4.30. The van der Waals surface area contributed by atoms with Crippen molar-refractivity contribution in [3.63, 3.8) is 0 Å². The fourth-order valence-electron chi connectivity index (χ4n) is 1.65. The fraction of sp³-hybridized carbons (Fsp3) is 0.143. The maximum absolute atomic E-state index is 13.8. The lowest BCUT2D eigenvalue weighted by Gasteiger charge is -2.19. The van der Waals surface area contributed by atoms with Gasteiger partial charge in [-0.1, -0.05) is 6.07 Å². The average Bonchev–Trinajstić information content (AvgIpc) is 2.34. The van der Waals surface area contributed by atoms with Gasteiger partial charge in [0.2, 0.25) is 0 Å². The molecule has 2 rings (SSSR count). The molecule has 0 amide bonds. The van der Waals surface area contributed by atoms with Gasteiger partial charge in [0, 0.05) is 12.1 Å². The molecule has 7 heteroatoms. The standard InChI is InChI=1S/C14H8F6O/c1-7-2-3-9(10(15)4-7)14(19,20)21-8-5-11(16)13(18)12(17)6-8/h2-6H,1H3. The van der Waals surface area contributed by atoms with Gasteiger partial charge in [-0.25, -0.2) is 17.6 Å². The van der Waals surface area contributed by atoms with E-state index in [0.29, 0.717) is 5.56 Å². The van der Waals surface area contributed by atoms with E-state index >= 15 is 0 Å². The molecule has 0 radical (unpaired) electrons. The Morgan fingerprint density at radius 2 is 1.43 bits per heavy atom. The Balaban J connectivity index is 2.37. The van der Waals surface area contributed by atoms with E-state index in [1.165, 1.54) is 13.0 Å². The number of benzene rings is 2. The molecule has 0 unspecified atom stereocenters. The molecule has 0 aromatic heterocycles. The zero-order valence-electron chi connectivity index (χ0n) is 10.6. The lowest BCUT2D eigenvalue weighted by Crippen LogP contribution is -2.23. The molecule has 1 nitrogen and oxygen atoms in total. The molecule has 0 aliphatic rings. The van der Waals surface area contributed by atoms with Gasteiger partial charge in [-0.15, -0.1) is 0 Å². The Morgan fingerprint density at radius 1 is 0.857 bits per heavy atom. The number of hydrogen-bond acceptors (Lipinski definition) is 1. The summed E-state index contributed by atoms with van der Waals surface area (Å²) in [5, 5.41) is 0. The highest BCUT2D eigenvalue weighted by Crippen LogP contribution is 2.34. The number of alkyl halides is 2. The molecule has 0 aliphatic carbocycles. The van der Waals surface area contributed by atoms with Crippen LogP contribution in [-0.4, -0.2) is 0 Å². The third-order valence-corrected chi connectivity index (χ3v) is 2.64. The molecule has 112 valence electrons. The van der Waals surface area contributed by atoms with E-state index in [2.05, 4.69) is 4.74 Å². The Hall–Kier alpha value is -2.18. The van der Waals surface area contributed by atoms with E-state index in [-0.39, 0.29) is 12.1 Å². The zero-order valence-corrected chi connectivity index (χ0v) is 10.6. The quantitative estimate of drug-likeness (QED) is 0.591. The summed E-state index contributed by atoms with van der Waals surface area (Å²) in [5.41, 5.74) is -0.691. The van der Waals surface area contributed by atoms with Gasteiger partial charge >= 0.3 is 6.11 Å². The Morgan fingerprint density at radius 3 is 1.95 bits per heavy atom. The summed E-state index contributed by atoms with van der Waals surface area (Å²) >= 11 is 0. The van der Waals surface area contributed by atoms with Crippen LogP contribution in [0.25, 0.3) is 0 Å². The molecule has 2 aromatic rings. The lowest BCUT2D eigenvalue weighted by atomic mass is 10.1. The van der Waals surface area contributed by atoms with Gasteiger partial charge in [0.1, 0.15) is 11.6 Å². The van der Waals surface area contributed by atoms with Crippen molar-refractivity contribution < 1.29 is 31.1 Å². The van der Waals surface area contributed by atoms with Crippen LogP contribution >= 0.6 is 0 Å². The summed E-state index contributed by atoms with van der Waals surface area (Å²) in [4.78, 5) is 0. The van der Waals surface area contributed by atoms with Crippen molar-refractivity contribution in [3.05, 3.63) is 64.7 Å². The van der Waals surface area contributed by atoms with Crippen LogP contribution in [0.4, 0.5) is 26.3 Å². The topological polar surface area (TPSA) is 9.23 Å². The number of ether oxygens (including phenoxy) is 1. The van der Waals surface area contributed by atoms with Crippen molar-refractivity contribution in [1.29, 1.82) is 0 Å². The predicted octanol–water partition coefficient (Wildman–Crippen LogP) is 4.68. The van der Waals surface area contributed by atoms with Crippen molar-refractivity contribution in [3.8, 4) is 5.75 Å². The van der Waals surface area contributed by atoms with Crippen molar-refractivity contribution in [2.45, 2.75) is 13.0 Å². The first-order chi connectivity index (χ1) is 9.70. The maximum Gasteiger partial charge on any atom is 0.429 e. The minimum atomic E-state index is -4.17. The van der Waals surface area contributed by atoms with Crippen LogP contribution in [-0.2, 0) is 6.11 Å². The predicted molar refractivity (Wildman–Crippen MR) is 62.0 cm³/mol. The molecule has 0 atom stereocenters. The van der Waals surface area contributed by atoms with E-state index < -0.39 is 40.7 Å². The lowest BCUT2D eigenvalue weighted by molar-refractivity contribution is -0.187. The smallest absolute Gasteiger partial charge is 0.429 e. The minimum Gasteiger partial charge on any atom is -0.429 e. The van der Waals surface area contributed by atoms with Gasteiger partial charge in [0.25, 0.3) is 0 Å². The van der Waals surface area contributed by atoms with E-state index in [9.17, 15) is 26.3 Å². The van der Waals surface area contributed by atoms with Gasteiger partial charge in [-0.2, -0.15) is 8.78 Å². The van der Waals surface area contributed by atoms with E-state index in [0.717, 1.165) is 12.1 Å².